The van der Waals surface area contributed by atoms with Gasteiger partial charge in [-0.1, -0.05) is 24.3 Å². The maximum absolute atomic E-state index is 12.0. The smallest absolute Gasteiger partial charge is 0.303 e. The number of benzene rings is 1. The second-order valence-electron chi connectivity index (χ2n) is 8.86. The number of hydrogen-bond acceptors (Lipinski definition) is 12. The van der Waals surface area contributed by atoms with E-state index in [2.05, 4.69) is 22.1 Å². The van der Waals surface area contributed by atoms with Crippen LogP contribution in [0.2, 0.25) is 0 Å². The second kappa shape index (κ2) is 13.8. The van der Waals surface area contributed by atoms with Crippen LogP contribution in [0.3, 0.4) is 0 Å². The maximum atomic E-state index is 12.0. The standard InChI is InChI=1S/C26H30N4O10S/c1-6-11-30-18-10-8-7-9-17(18)20(25(30)35)28-29-26(41)27-24-23(39-16(5)34)22(38-15(4)33)21(37-14(3)32)19(40-24)12-36-13(2)31/h6-10,19,21-24,35H,1,11-12H2,2-5H3,(H,27,41)/t19-,21-,22+,23-,24-/m1/s1. The van der Waals surface area contributed by atoms with E-state index < -0.39 is 61.1 Å². The van der Waals surface area contributed by atoms with Gasteiger partial charge in [-0.3, -0.25) is 19.2 Å². The number of hydrogen-bond donors (Lipinski definition) is 2. The Balaban J connectivity index is 1.95. The van der Waals surface area contributed by atoms with E-state index in [1.807, 2.05) is 0 Å². The molecule has 2 heterocycles. The highest BCUT2D eigenvalue weighted by molar-refractivity contribution is 7.80. The molecule has 14 nitrogen and oxygen atoms in total. The summed E-state index contributed by atoms with van der Waals surface area (Å²) in [6.07, 6.45) is -4.96. The predicted molar refractivity (Wildman–Crippen MR) is 146 cm³/mol. The number of aromatic hydroxyl groups is 1. The van der Waals surface area contributed by atoms with Crippen LogP contribution in [0.4, 0.5) is 5.69 Å². The normalized spacial score (nSPS) is 22.1. The van der Waals surface area contributed by atoms with Crippen molar-refractivity contribution in [2.24, 2.45) is 10.2 Å². The molecule has 0 radical (unpaired) electrons. The van der Waals surface area contributed by atoms with Gasteiger partial charge in [0.25, 0.3) is 0 Å². The highest BCUT2D eigenvalue weighted by Gasteiger charge is 2.52. The summed E-state index contributed by atoms with van der Waals surface area (Å²) < 4.78 is 28.7. The summed E-state index contributed by atoms with van der Waals surface area (Å²) in [7, 11) is 0. The number of fused-ring (bicyclic) bond motifs is 1. The van der Waals surface area contributed by atoms with Gasteiger partial charge in [0.15, 0.2) is 30.2 Å². The van der Waals surface area contributed by atoms with Crippen LogP contribution in [-0.4, -0.2) is 75.9 Å². The molecule has 0 amide bonds. The number of thiocarbonyl (C=S) groups is 1. The van der Waals surface area contributed by atoms with Gasteiger partial charge in [0.2, 0.25) is 11.0 Å². The van der Waals surface area contributed by atoms with Crippen molar-refractivity contribution in [1.82, 2.24) is 9.88 Å². The van der Waals surface area contributed by atoms with Gasteiger partial charge >= 0.3 is 23.9 Å². The summed E-state index contributed by atoms with van der Waals surface area (Å²) in [5.74, 6) is -3.10. The molecule has 2 N–H and O–H groups in total. The van der Waals surface area contributed by atoms with E-state index >= 15 is 0 Å². The Morgan fingerprint density at radius 2 is 1.63 bits per heavy atom. The molecule has 2 aromatic rings. The number of ether oxygens (including phenoxy) is 5. The fraction of sp³-hybridized carbons (Fsp3) is 0.423. The highest BCUT2D eigenvalue weighted by atomic mass is 32.1. The molecule has 0 saturated carbocycles. The second-order valence-corrected chi connectivity index (χ2v) is 9.24. The fourth-order valence-corrected chi connectivity index (χ4v) is 4.43. The Kier molecular flexibility index (Phi) is 10.5. The third kappa shape index (κ3) is 7.85. The molecule has 1 aliphatic rings. The van der Waals surface area contributed by atoms with E-state index in [-0.39, 0.29) is 16.7 Å². The number of para-hydroxylation sites is 1. The molecule has 0 unspecified atom stereocenters. The monoisotopic (exact) mass is 590 g/mol. The fourth-order valence-electron chi connectivity index (χ4n) is 4.27. The van der Waals surface area contributed by atoms with Gasteiger partial charge in [0, 0.05) is 39.6 Å². The molecule has 0 spiro atoms. The van der Waals surface area contributed by atoms with E-state index in [4.69, 9.17) is 35.9 Å². The molecule has 41 heavy (non-hydrogen) atoms. The first-order valence-corrected chi connectivity index (χ1v) is 12.8. The van der Waals surface area contributed by atoms with Crippen LogP contribution in [0.15, 0.2) is 47.1 Å². The first-order valence-electron chi connectivity index (χ1n) is 12.4. The summed E-state index contributed by atoms with van der Waals surface area (Å²) in [5.41, 5.74) is 0.838. The molecular weight excluding hydrogens is 560 g/mol. The number of carbonyl (C=O) groups is 4. The van der Waals surface area contributed by atoms with Crippen LogP contribution >= 0.6 is 12.2 Å². The summed E-state index contributed by atoms with van der Waals surface area (Å²) in [6, 6.07) is 7.12. The zero-order valence-corrected chi connectivity index (χ0v) is 23.6. The number of nitrogens with one attached hydrogen (secondary N) is 1. The number of rotatable bonds is 9. The lowest BCUT2D eigenvalue weighted by molar-refractivity contribution is -0.254. The summed E-state index contributed by atoms with van der Waals surface area (Å²) in [6.45, 7) is 8.14. The number of azo groups is 1. The number of aromatic nitrogens is 1. The Morgan fingerprint density at radius 3 is 2.24 bits per heavy atom. The van der Waals surface area contributed by atoms with Gasteiger partial charge in [-0.25, -0.2) is 0 Å². The van der Waals surface area contributed by atoms with Crippen molar-refractivity contribution in [1.29, 1.82) is 0 Å². The molecule has 220 valence electrons. The van der Waals surface area contributed by atoms with Crippen molar-refractivity contribution in [3.05, 3.63) is 36.9 Å². The first kappa shape index (κ1) is 31.2. The lowest BCUT2D eigenvalue weighted by atomic mass is 9.97. The number of allylic oxidation sites excluding steroid dienone is 1. The van der Waals surface area contributed by atoms with Crippen LogP contribution in [-0.2, 0) is 49.4 Å². The van der Waals surface area contributed by atoms with Gasteiger partial charge < -0.3 is 38.7 Å². The minimum atomic E-state index is -1.38. The Morgan fingerprint density at radius 1 is 1.02 bits per heavy atom. The quantitative estimate of drug-likeness (QED) is 0.144. The van der Waals surface area contributed by atoms with Gasteiger partial charge in [0.05, 0.1) is 5.52 Å². The van der Waals surface area contributed by atoms with Crippen molar-refractivity contribution in [2.45, 2.75) is 64.9 Å². The van der Waals surface area contributed by atoms with Gasteiger partial charge in [-0.15, -0.1) is 16.8 Å². The molecule has 5 atom stereocenters. The summed E-state index contributed by atoms with van der Waals surface area (Å²) in [5, 5.41) is 21.9. The van der Waals surface area contributed by atoms with Crippen molar-refractivity contribution >= 4 is 57.8 Å². The zero-order valence-electron chi connectivity index (χ0n) is 22.8. The number of esters is 4. The first-order chi connectivity index (χ1) is 19.4. The Bertz CT molecular complexity index is 1370. The topological polar surface area (TPSA) is 176 Å². The maximum Gasteiger partial charge on any atom is 0.303 e. The molecule has 1 aromatic carbocycles. The minimum absolute atomic E-state index is 0.146. The largest absolute Gasteiger partial charge is 0.493 e. The van der Waals surface area contributed by atoms with Gasteiger partial charge in [-0.2, -0.15) is 0 Å². The summed E-state index contributed by atoms with van der Waals surface area (Å²) >= 11 is 5.32. The number of carbonyl (C=O) groups excluding carboxylic acids is 4. The van der Waals surface area contributed by atoms with Crippen LogP contribution < -0.4 is 5.32 Å². The molecular formula is C26H30N4O10S. The Hall–Kier alpha value is -4.37. The van der Waals surface area contributed by atoms with Gasteiger partial charge in [-0.05, 0) is 18.3 Å². The lowest BCUT2D eigenvalue weighted by Gasteiger charge is -2.44. The average Bonchev–Trinajstić information content (AvgIpc) is 3.15. The van der Waals surface area contributed by atoms with Crippen LogP contribution in [0.5, 0.6) is 5.88 Å². The van der Waals surface area contributed by atoms with E-state index in [1.54, 1.807) is 34.9 Å². The molecule has 0 aliphatic carbocycles. The van der Waals surface area contributed by atoms with E-state index in [0.717, 1.165) is 20.8 Å². The molecule has 3 rings (SSSR count). The van der Waals surface area contributed by atoms with Crippen LogP contribution in [0.25, 0.3) is 10.9 Å². The summed E-state index contributed by atoms with van der Waals surface area (Å²) in [4.78, 5) is 47.3. The zero-order chi connectivity index (χ0) is 30.3. The lowest BCUT2D eigenvalue weighted by Crippen LogP contribution is -2.66. The van der Waals surface area contributed by atoms with Crippen molar-refractivity contribution in [3.8, 4) is 5.88 Å². The number of nitrogens with zero attached hydrogens (tertiary/aromatic N) is 3. The van der Waals surface area contributed by atoms with Crippen molar-refractivity contribution < 1.29 is 48.0 Å². The molecule has 1 aliphatic heterocycles. The molecule has 1 aromatic heterocycles. The minimum Gasteiger partial charge on any atom is -0.493 e. The molecule has 1 saturated heterocycles. The van der Waals surface area contributed by atoms with E-state index in [9.17, 15) is 24.3 Å². The molecule has 15 heteroatoms. The van der Waals surface area contributed by atoms with Crippen molar-refractivity contribution in [2.75, 3.05) is 6.61 Å². The van der Waals surface area contributed by atoms with E-state index in [0.29, 0.717) is 17.4 Å². The third-order valence-corrected chi connectivity index (χ3v) is 5.93. The average molecular weight is 591 g/mol. The Labute approximate surface area is 240 Å². The van der Waals surface area contributed by atoms with E-state index in [1.165, 1.54) is 6.92 Å². The molecule has 1 fully saturated rings. The van der Waals surface area contributed by atoms with Crippen LogP contribution in [0, 0.1) is 0 Å². The van der Waals surface area contributed by atoms with Crippen molar-refractivity contribution in [3.63, 3.8) is 0 Å². The highest BCUT2D eigenvalue weighted by Crippen LogP contribution is 2.38. The molecule has 0 bridgehead atoms. The SMILES string of the molecule is C=CCn1c(O)c(N=NC(=S)N[C@@H]2O[C@H](COC(C)=O)[C@@H](OC(C)=O)[C@H](OC(C)=O)[C@H]2OC(C)=O)c2ccccc21. The van der Waals surface area contributed by atoms with Crippen LogP contribution in [0.1, 0.15) is 27.7 Å². The van der Waals surface area contributed by atoms with Gasteiger partial charge in [0.1, 0.15) is 12.7 Å². The third-order valence-electron chi connectivity index (χ3n) is 5.73. The predicted octanol–water partition coefficient (Wildman–Crippen LogP) is 2.57.